The molecule has 1 amide bonds. The Morgan fingerprint density at radius 3 is 2.83 bits per heavy atom. The molecule has 2 aromatic rings. The number of nitrogens with zero attached hydrogens (tertiary/aromatic N) is 3. The Morgan fingerprint density at radius 2 is 2.13 bits per heavy atom. The van der Waals surface area contributed by atoms with Gasteiger partial charge < -0.3 is 15.0 Å². The van der Waals surface area contributed by atoms with E-state index in [2.05, 4.69) is 15.5 Å². The Labute approximate surface area is 135 Å². The molecule has 6 nitrogen and oxygen atoms in total. The molecule has 0 spiro atoms. The fourth-order valence-electron chi connectivity index (χ4n) is 3.17. The highest BCUT2D eigenvalue weighted by atomic mass is 16.3. The molecule has 0 unspecified atom stereocenters. The van der Waals surface area contributed by atoms with Crippen molar-refractivity contribution in [2.45, 2.75) is 44.1 Å². The third-order valence-corrected chi connectivity index (χ3v) is 4.39. The average Bonchev–Trinajstić information content (AvgIpc) is 2.93. The van der Waals surface area contributed by atoms with Crippen molar-refractivity contribution in [3.8, 4) is 11.4 Å². The van der Waals surface area contributed by atoms with Gasteiger partial charge in [-0.2, -0.15) is 0 Å². The van der Waals surface area contributed by atoms with Gasteiger partial charge in [-0.1, -0.05) is 31.4 Å². The highest BCUT2D eigenvalue weighted by Gasteiger charge is 2.31. The molecule has 0 radical (unpaired) electrons. The van der Waals surface area contributed by atoms with Gasteiger partial charge in [0, 0.05) is 18.3 Å². The van der Waals surface area contributed by atoms with Gasteiger partial charge in [-0.15, -0.1) is 10.2 Å². The van der Waals surface area contributed by atoms with Crippen LogP contribution in [0.4, 0.5) is 5.69 Å². The molecule has 6 heteroatoms. The van der Waals surface area contributed by atoms with E-state index < -0.39 is 5.60 Å². The Bertz CT molecular complexity index is 689. The summed E-state index contributed by atoms with van der Waals surface area (Å²) in [6, 6.07) is 7.50. The fraction of sp³-hybridized carbons (Fsp3) is 0.471. The van der Waals surface area contributed by atoms with E-state index in [1.165, 1.54) is 0 Å². The van der Waals surface area contributed by atoms with E-state index in [1.54, 1.807) is 6.33 Å². The summed E-state index contributed by atoms with van der Waals surface area (Å²) in [5.74, 6) is 0.594. The first-order valence-corrected chi connectivity index (χ1v) is 8.02. The Hall–Kier alpha value is -2.21. The molecule has 1 aromatic carbocycles. The topological polar surface area (TPSA) is 80.0 Å². The highest BCUT2D eigenvalue weighted by Crippen LogP contribution is 2.31. The molecule has 1 heterocycles. The molecule has 0 saturated heterocycles. The van der Waals surface area contributed by atoms with Crippen LogP contribution in [-0.4, -0.2) is 31.4 Å². The third-order valence-electron chi connectivity index (χ3n) is 4.39. The number of aryl methyl sites for hydroxylation is 1. The number of amides is 1. The lowest BCUT2D eigenvalue weighted by Crippen LogP contribution is -2.35. The van der Waals surface area contributed by atoms with Crippen molar-refractivity contribution in [1.29, 1.82) is 0 Å². The van der Waals surface area contributed by atoms with E-state index in [-0.39, 0.29) is 12.3 Å². The summed E-state index contributed by atoms with van der Waals surface area (Å²) in [5, 5.41) is 21.3. The van der Waals surface area contributed by atoms with Crippen molar-refractivity contribution in [3.05, 3.63) is 30.6 Å². The van der Waals surface area contributed by atoms with Crippen LogP contribution >= 0.6 is 0 Å². The predicted octanol–water partition coefficient (Wildman–Crippen LogP) is 2.51. The van der Waals surface area contributed by atoms with Crippen LogP contribution in [0.5, 0.6) is 0 Å². The van der Waals surface area contributed by atoms with Gasteiger partial charge in [0.2, 0.25) is 5.91 Å². The summed E-state index contributed by atoms with van der Waals surface area (Å²) < 4.78 is 1.83. The van der Waals surface area contributed by atoms with Crippen molar-refractivity contribution in [2.24, 2.45) is 7.05 Å². The lowest BCUT2D eigenvalue weighted by atomic mass is 9.82. The number of benzene rings is 1. The second-order valence-electron chi connectivity index (χ2n) is 6.36. The lowest BCUT2D eigenvalue weighted by Gasteiger charge is -2.31. The summed E-state index contributed by atoms with van der Waals surface area (Å²) >= 11 is 0. The Kier molecular flexibility index (Phi) is 4.43. The molecular formula is C17H22N4O2. The largest absolute Gasteiger partial charge is 0.389 e. The number of carbonyl (C=O) groups excluding carboxylic acids is 1. The van der Waals surface area contributed by atoms with Crippen molar-refractivity contribution >= 4 is 11.6 Å². The maximum absolute atomic E-state index is 12.2. The molecule has 1 saturated carbocycles. The normalized spacial score (nSPS) is 17.0. The minimum atomic E-state index is -0.844. The molecule has 2 N–H and O–H groups in total. The Balaban J connectivity index is 1.68. The van der Waals surface area contributed by atoms with E-state index in [0.29, 0.717) is 18.5 Å². The van der Waals surface area contributed by atoms with Crippen LogP contribution in [-0.2, 0) is 11.8 Å². The lowest BCUT2D eigenvalue weighted by molar-refractivity contribution is -0.122. The van der Waals surface area contributed by atoms with Gasteiger partial charge in [0.05, 0.1) is 12.0 Å². The van der Waals surface area contributed by atoms with Gasteiger partial charge in [-0.05, 0) is 25.0 Å². The second kappa shape index (κ2) is 6.50. The van der Waals surface area contributed by atoms with Crippen LogP contribution in [0.15, 0.2) is 30.6 Å². The number of nitrogens with one attached hydrogen (secondary N) is 1. The first-order valence-electron chi connectivity index (χ1n) is 8.02. The molecule has 23 heavy (non-hydrogen) atoms. The minimum Gasteiger partial charge on any atom is -0.389 e. The Morgan fingerprint density at radius 1 is 1.35 bits per heavy atom. The van der Waals surface area contributed by atoms with Gasteiger partial charge in [0.25, 0.3) is 0 Å². The van der Waals surface area contributed by atoms with E-state index in [4.69, 9.17) is 0 Å². The SMILES string of the molecule is Cn1cnnc1-c1cccc(NC(=O)CC2(O)CCCCC2)c1. The number of anilines is 1. The number of rotatable bonds is 4. The van der Waals surface area contributed by atoms with Crippen molar-refractivity contribution in [2.75, 3.05) is 5.32 Å². The number of carbonyl (C=O) groups is 1. The summed E-state index contributed by atoms with van der Waals surface area (Å²) in [6.07, 6.45) is 6.33. The zero-order chi connectivity index (χ0) is 16.3. The summed E-state index contributed by atoms with van der Waals surface area (Å²) in [4.78, 5) is 12.2. The van der Waals surface area contributed by atoms with Crippen LogP contribution in [0.1, 0.15) is 38.5 Å². The standard InChI is InChI=1S/C17H22N4O2/c1-21-12-18-20-16(21)13-6-5-7-14(10-13)19-15(22)11-17(23)8-3-2-4-9-17/h5-7,10,12,23H,2-4,8-9,11H2,1H3,(H,19,22). The van der Waals surface area contributed by atoms with Crippen LogP contribution in [0, 0.1) is 0 Å². The van der Waals surface area contributed by atoms with E-state index in [9.17, 15) is 9.90 Å². The van der Waals surface area contributed by atoms with Crippen LogP contribution in [0.3, 0.4) is 0 Å². The summed E-state index contributed by atoms with van der Waals surface area (Å²) in [5.41, 5.74) is 0.748. The molecule has 1 aliphatic carbocycles. The number of hydrogen-bond acceptors (Lipinski definition) is 4. The van der Waals surface area contributed by atoms with Gasteiger partial charge in [0.1, 0.15) is 6.33 Å². The summed E-state index contributed by atoms with van der Waals surface area (Å²) in [6.45, 7) is 0. The molecule has 0 bridgehead atoms. The van der Waals surface area contributed by atoms with Crippen LogP contribution in [0.25, 0.3) is 11.4 Å². The smallest absolute Gasteiger partial charge is 0.227 e. The van der Waals surface area contributed by atoms with Crippen molar-refractivity contribution in [3.63, 3.8) is 0 Å². The number of aliphatic hydroxyl groups is 1. The maximum atomic E-state index is 12.2. The molecule has 0 aliphatic heterocycles. The molecule has 1 fully saturated rings. The van der Waals surface area contributed by atoms with Gasteiger partial charge in [0.15, 0.2) is 5.82 Å². The third kappa shape index (κ3) is 3.76. The molecule has 122 valence electrons. The number of hydrogen-bond donors (Lipinski definition) is 2. The first kappa shape index (κ1) is 15.7. The van der Waals surface area contributed by atoms with Crippen LogP contribution in [0.2, 0.25) is 0 Å². The monoisotopic (exact) mass is 314 g/mol. The quantitative estimate of drug-likeness (QED) is 0.908. The van der Waals surface area contributed by atoms with Gasteiger partial charge >= 0.3 is 0 Å². The first-order chi connectivity index (χ1) is 11.1. The minimum absolute atomic E-state index is 0.149. The zero-order valence-electron chi connectivity index (χ0n) is 13.3. The van der Waals surface area contributed by atoms with Crippen LogP contribution < -0.4 is 5.32 Å². The molecule has 1 aromatic heterocycles. The molecule has 3 rings (SSSR count). The highest BCUT2D eigenvalue weighted by molar-refractivity contribution is 5.92. The summed E-state index contributed by atoms with van der Waals surface area (Å²) in [7, 11) is 1.87. The molecular weight excluding hydrogens is 292 g/mol. The van der Waals surface area contributed by atoms with E-state index >= 15 is 0 Å². The van der Waals surface area contributed by atoms with Gasteiger partial charge in [-0.3, -0.25) is 4.79 Å². The van der Waals surface area contributed by atoms with Crippen molar-refractivity contribution in [1.82, 2.24) is 14.8 Å². The van der Waals surface area contributed by atoms with E-state index in [1.807, 2.05) is 35.9 Å². The molecule has 0 atom stereocenters. The number of aromatic nitrogens is 3. The average molecular weight is 314 g/mol. The van der Waals surface area contributed by atoms with Crippen molar-refractivity contribution < 1.29 is 9.90 Å². The zero-order valence-corrected chi connectivity index (χ0v) is 13.3. The predicted molar refractivity (Wildman–Crippen MR) is 87.7 cm³/mol. The second-order valence-corrected chi connectivity index (χ2v) is 6.36. The molecule has 1 aliphatic rings. The maximum Gasteiger partial charge on any atom is 0.227 e. The fourth-order valence-corrected chi connectivity index (χ4v) is 3.17. The van der Waals surface area contributed by atoms with E-state index in [0.717, 1.165) is 30.7 Å². The van der Waals surface area contributed by atoms with Gasteiger partial charge in [-0.25, -0.2) is 0 Å².